The molecule has 7 aliphatic rings. The van der Waals surface area contributed by atoms with Crippen LogP contribution in [0.5, 0.6) is 0 Å². The first-order chi connectivity index (χ1) is 26.6. The van der Waals surface area contributed by atoms with Gasteiger partial charge in [-0.25, -0.2) is 0 Å². The first-order valence-corrected chi connectivity index (χ1v) is 22.8. The Balaban J connectivity index is 1.15. The van der Waals surface area contributed by atoms with Crippen molar-refractivity contribution in [2.24, 2.45) is 58.7 Å². The van der Waals surface area contributed by atoms with Crippen LogP contribution in [0.15, 0.2) is 0 Å². The second kappa shape index (κ2) is 18.9. The summed E-state index contributed by atoms with van der Waals surface area (Å²) in [5.41, 5.74) is 0.317. The van der Waals surface area contributed by atoms with E-state index < -0.39 is 24.2 Å². The normalized spacial score (nSPS) is 40.3. The van der Waals surface area contributed by atoms with Crippen molar-refractivity contribution in [2.75, 3.05) is 55.0 Å². The Morgan fingerprint density at radius 3 is 2.30 bits per heavy atom. The van der Waals surface area contributed by atoms with Crippen molar-refractivity contribution in [3.63, 3.8) is 0 Å². The number of hydrogen-bond donors (Lipinski definition) is 4. The zero-order chi connectivity index (χ0) is 40.5. The van der Waals surface area contributed by atoms with Crippen molar-refractivity contribution in [1.82, 2.24) is 25.5 Å². The standard InChI is InChI=1S/C45H81N5O6/c1-27-37-22-33(45(37,3)4)23-38(27)47-44(54)41-40(28(2)52)39(26-51)56-50(41)24-30-16-13-17-36(42(30)55-9)31-19-32(21-35(20-31)49(7)8)43(53)46-34(25-48(5)6)18-29-14-11-10-12-15-29/h27-42,51-52H,10-26H2,1-9H3,(H,46,53)(H,47,54)/t27-,28-,30?,31?,32?,33+,34-,35?,36?,37-,38+,39-,40-,41-,42?/m0/s1. The van der Waals surface area contributed by atoms with Crippen LogP contribution in [-0.2, 0) is 19.2 Å². The summed E-state index contributed by atoms with van der Waals surface area (Å²) in [6, 6.07) is -0.115. The number of hydroxylamine groups is 2. The molecule has 6 aliphatic carbocycles. The third kappa shape index (κ3) is 9.65. The van der Waals surface area contributed by atoms with Crippen LogP contribution in [-0.4, -0.2) is 134 Å². The minimum absolute atomic E-state index is 0.0408. The van der Waals surface area contributed by atoms with E-state index in [-0.39, 0.29) is 54.4 Å². The molecule has 0 radical (unpaired) electrons. The Morgan fingerprint density at radius 1 is 0.964 bits per heavy atom. The second-order valence-corrected chi connectivity index (χ2v) is 20.8. The van der Waals surface area contributed by atoms with E-state index in [1.165, 1.54) is 38.5 Å². The average molecular weight is 788 g/mol. The van der Waals surface area contributed by atoms with E-state index in [1.807, 2.05) is 12.2 Å². The van der Waals surface area contributed by atoms with Crippen LogP contribution in [0.1, 0.15) is 118 Å². The smallest absolute Gasteiger partial charge is 0.240 e. The topological polar surface area (TPSA) is 127 Å². The number of likely N-dealkylation sites (N-methyl/N-ethyl adjacent to an activating group) is 1. The van der Waals surface area contributed by atoms with Gasteiger partial charge in [-0.15, -0.1) is 0 Å². The fourth-order valence-corrected chi connectivity index (χ4v) is 13.2. The molecule has 4 N–H and O–H groups in total. The number of rotatable bonds is 15. The van der Waals surface area contributed by atoms with Crippen molar-refractivity contribution in [3.05, 3.63) is 0 Å². The van der Waals surface area contributed by atoms with Gasteiger partial charge < -0.3 is 35.4 Å². The Labute approximate surface area is 339 Å². The average Bonchev–Trinajstić information content (AvgIpc) is 3.53. The number of carbonyl (C=O) groups is 2. The molecule has 7 fully saturated rings. The first-order valence-electron chi connectivity index (χ1n) is 22.8. The molecule has 6 saturated carbocycles. The minimum atomic E-state index is -0.824. The Bertz CT molecular complexity index is 1290. The van der Waals surface area contributed by atoms with Gasteiger partial charge in [-0.2, -0.15) is 5.06 Å². The van der Waals surface area contributed by atoms with E-state index in [9.17, 15) is 19.8 Å². The molecule has 1 heterocycles. The van der Waals surface area contributed by atoms with E-state index >= 15 is 0 Å². The fourth-order valence-electron chi connectivity index (χ4n) is 13.2. The van der Waals surface area contributed by atoms with Crippen molar-refractivity contribution in [2.45, 2.75) is 160 Å². The molecule has 322 valence electrons. The molecule has 1 saturated heterocycles. The van der Waals surface area contributed by atoms with Crippen LogP contribution < -0.4 is 10.6 Å². The zero-order valence-electron chi connectivity index (χ0n) is 36.6. The summed E-state index contributed by atoms with van der Waals surface area (Å²) in [5.74, 6) is 2.55. The molecule has 1 aliphatic heterocycles. The van der Waals surface area contributed by atoms with Crippen LogP contribution >= 0.6 is 0 Å². The minimum Gasteiger partial charge on any atom is -0.394 e. The predicted octanol–water partition coefficient (Wildman–Crippen LogP) is 4.94. The highest BCUT2D eigenvalue weighted by Crippen LogP contribution is 2.61. The van der Waals surface area contributed by atoms with Gasteiger partial charge in [-0.05, 0) is 127 Å². The first kappa shape index (κ1) is 44.2. The molecule has 7 rings (SSSR count). The summed E-state index contributed by atoms with van der Waals surface area (Å²) < 4.78 is 6.46. The molecule has 2 amide bonds. The fraction of sp³-hybridized carbons (Fsp3) is 0.956. The maximum atomic E-state index is 14.4. The zero-order valence-corrected chi connectivity index (χ0v) is 36.6. The molecule has 0 spiro atoms. The highest BCUT2D eigenvalue weighted by Gasteiger charge is 2.58. The summed E-state index contributed by atoms with van der Waals surface area (Å²) >= 11 is 0. The van der Waals surface area contributed by atoms with Crippen LogP contribution in [0.3, 0.4) is 0 Å². The van der Waals surface area contributed by atoms with Crippen LogP contribution in [0.2, 0.25) is 0 Å². The number of ether oxygens (including phenoxy) is 1. The molecule has 56 heavy (non-hydrogen) atoms. The Morgan fingerprint density at radius 2 is 1.70 bits per heavy atom. The lowest BCUT2D eigenvalue weighted by Gasteiger charge is -2.62. The molecule has 0 aromatic rings. The van der Waals surface area contributed by atoms with Gasteiger partial charge in [0.15, 0.2) is 0 Å². The summed E-state index contributed by atoms with van der Waals surface area (Å²) in [6.45, 7) is 9.84. The van der Waals surface area contributed by atoms with Gasteiger partial charge in [0.1, 0.15) is 12.1 Å². The molecule has 11 heteroatoms. The van der Waals surface area contributed by atoms with Gasteiger partial charge in [0.25, 0.3) is 0 Å². The summed E-state index contributed by atoms with van der Waals surface area (Å²) in [6.07, 6.45) is 14.1. The molecule has 6 unspecified atom stereocenters. The molecule has 0 aromatic carbocycles. The van der Waals surface area contributed by atoms with Crippen LogP contribution in [0, 0.1) is 58.7 Å². The van der Waals surface area contributed by atoms with E-state index in [0.29, 0.717) is 47.6 Å². The third-order valence-electron chi connectivity index (χ3n) is 16.4. The molecular formula is C45H81N5O6. The number of aliphatic hydroxyl groups is 2. The van der Waals surface area contributed by atoms with Gasteiger partial charge in [-0.3, -0.25) is 14.4 Å². The number of nitrogens with one attached hydrogen (secondary N) is 2. The quantitative estimate of drug-likeness (QED) is 0.183. The predicted molar refractivity (Wildman–Crippen MR) is 220 cm³/mol. The number of amides is 2. The van der Waals surface area contributed by atoms with Gasteiger partial charge >= 0.3 is 0 Å². The second-order valence-electron chi connectivity index (χ2n) is 20.8. The maximum absolute atomic E-state index is 14.4. The van der Waals surface area contributed by atoms with E-state index in [2.05, 4.69) is 69.4 Å². The van der Waals surface area contributed by atoms with E-state index in [4.69, 9.17) is 9.57 Å². The molecule has 0 aromatic heterocycles. The summed E-state index contributed by atoms with van der Waals surface area (Å²) in [7, 11) is 10.4. The Kier molecular flexibility index (Phi) is 14.9. The lowest BCUT2D eigenvalue weighted by molar-refractivity contribution is -0.193. The van der Waals surface area contributed by atoms with Crippen molar-refractivity contribution >= 4 is 11.8 Å². The van der Waals surface area contributed by atoms with Crippen LogP contribution in [0.4, 0.5) is 0 Å². The number of hydrogen-bond acceptors (Lipinski definition) is 9. The van der Waals surface area contributed by atoms with Crippen molar-refractivity contribution in [1.29, 1.82) is 0 Å². The Hall–Kier alpha value is -1.34. The highest BCUT2D eigenvalue weighted by molar-refractivity contribution is 5.83. The monoisotopic (exact) mass is 788 g/mol. The number of aliphatic hydroxyl groups excluding tert-OH is 2. The van der Waals surface area contributed by atoms with Gasteiger partial charge in [0, 0.05) is 56.1 Å². The third-order valence-corrected chi connectivity index (χ3v) is 16.4. The van der Waals surface area contributed by atoms with Crippen molar-refractivity contribution in [3.8, 4) is 0 Å². The molecule has 2 bridgehead atoms. The lowest BCUT2D eigenvalue weighted by Crippen LogP contribution is -2.62. The highest BCUT2D eigenvalue weighted by atomic mass is 16.7. The van der Waals surface area contributed by atoms with Gasteiger partial charge in [0.2, 0.25) is 11.8 Å². The number of carbonyl (C=O) groups excluding carboxylic acids is 2. The van der Waals surface area contributed by atoms with Crippen LogP contribution in [0.25, 0.3) is 0 Å². The summed E-state index contributed by atoms with van der Waals surface area (Å²) in [4.78, 5) is 39.6. The largest absolute Gasteiger partial charge is 0.394 e. The molecule has 15 atom stereocenters. The van der Waals surface area contributed by atoms with Gasteiger partial charge in [0.05, 0.1) is 18.8 Å². The van der Waals surface area contributed by atoms with Gasteiger partial charge in [-0.1, -0.05) is 59.3 Å². The molecule has 11 nitrogen and oxygen atoms in total. The number of methoxy groups -OCH3 is 1. The SMILES string of the molecule is COC1C(CN2O[C@@H](CO)[C@H]([C@H](C)O)[C@H]2C(=O)N[C@@H]2C[C@H]3C[C@@H]([C@@H]2C)C3(C)C)CCCC1C1CC(C(=O)N[C@@H](CC2CCCCC2)CN(C)C)CC(N(C)C)C1. The van der Waals surface area contributed by atoms with E-state index in [1.54, 1.807) is 6.92 Å². The molecular weight excluding hydrogens is 707 g/mol. The maximum Gasteiger partial charge on any atom is 0.240 e. The van der Waals surface area contributed by atoms with Crippen molar-refractivity contribution < 1.29 is 29.4 Å². The lowest BCUT2D eigenvalue weighted by atomic mass is 9.45. The summed E-state index contributed by atoms with van der Waals surface area (Å²) in [5, 5.41) is 30.3. The van der Waals surface area contributed by atoms with E-state index in [0.717, 1.165) is 57.9 Å². The number of fused-ring (bicyclic) bond motifs is 2. The number of nitrogens with zero attached hydrogens (tertiary/aromatic N) is 3.